The van der Waals surface area contributed by atoms with E-state index in [-0.39, 0.29) is 6.04 Å². The smallest absolute Gasteiger partial charge is 0.0297 e. The van der Waals surface area contributed by atoms with E-state index in [1.54, 1.807) is 0 Å². The third-order valence-corrected chi connectivity index (χ3v) is 2.69. The van der Waals surface area contributed by atoms with Gasteiger partial charge in [0.1, 0.15) is 0 Å². The Bertz CT molecular complexity index is 291. The van der Waals surface area contributed by atoms with Crippen molar-refractivity contribution in [2.24, 2.45) is 5.73 Å². The summed E-state index contributed by atoms with van der Waals surface area (Å²) in [4.78, 5) is 0. The maximum atomic E-state index is 6.13. The SMILES string of the molecule is CCCC[C@@H](N)c1ccc(C)cc1C. The van der Waals surface area contributed by atoms with Crippen LogP contribution in [0, 0.1) is 13.8 Å². The molecule has 0 bridgehead atoms. The zero-order valence-corrected chi connectivity index (χ0v) is 9.51. The monoisotopic (exact) mass is 191 g/mol. The normalized spacial score (nSPS) is 12.9. The summed E-state index contributed by atoms with van der Waals surface area (Å²) in [6, 6.07) is 6.75. The van der Waals surface area contributed by atoms with E-state index in [2.05, 4.69) is 39.0 Å². The minimum absolute atomic E-state index is 0.218. The van der Waals surface area contributed by atoms with Crippen molar-refractivity contribution in [3.05, 3.63) is 34.9 Å². The van der Waals surface area contributed by atoms with Crippen LogP contribution in [0.25, 0.3) is 0 Å². The van der Waals surface area contributed by atoms with Crippen LogP contribution >= 0.6 is 0 Å². The van der Waals surface area contributed by atoms with Crippen LogP contribution in [0.1, 0.15) is 48.9 Å². The Morgan fingerprint density at radius 1 is 1.29 bits per heavy atom. The molecule has 0 heterocycles. The van der Waals surface area contributed by atoms with Gasteiger partial charge in [0.25, 0.3) is 0 Å². The van der Waals surface area contributed by atoms with Crippen LogP contribution in [0.5, 0.6) is 0 Å². The van der Waals surface area contributed by atoms with Gasteiger partial charge in [0, 0.05) is 6.04 Å². The largest absolute Gasteiger partial charge is 0.324 e. The first-order chi connectivity index (χ1) is 6.65. The highest BCUT2D eigenvalue weighted by molar-refractivity contribution is 5.32. The van der Waals surface area contributed by atoms with Gasteiger partial charge in [0.2, 0.25) is 0 Å². The molecule has 0 saturated heterocycles. The van der Waals surface area contributed by atoms with Crippen LogP contribution in [0.4, 0.5) is 0 Å². The Balaban J connectivity index is 2.74. The van der Waals surface area contributed by atoms with E-state index in [0.29, 0.717) is 0 Å². The standard InChI is InChI=1S/C13H21N/c1-4-5-6-13(14)12-8-7-10(2)9-11(12)3/h7-9,13H,4-6,14H2,1-3H3/t13-/m1/s1. The van der Waals surface area contributed by atoms with Crippen LogP contribution in [-0.4, -0.2) is 0 Å². The lowest BCUT2D eigenvalue weighted by Gasteiger charge is -2.14. The lowest BCUT2D eigenvalue weighted by molar-refractivity contribution is 0.601. The molecule has 0 aromatic heterocycles. The van der Waals surface area contributed by atoms with Crippen molar-refractivity contribution < 1.29 is 0 Å². The molecule has 1 nitrogen and oxygen atoms in total. The Kier molecular flexibility index (Phi) is 4.15. The number of aryl methyl sites for hydroxylation is 2. The van der Waals surface area contributed by atoms with Crippen molar-refractivity contribution in [1.29, 1.82) is 0 Å². The summed E-state index contributed by atoms with van der Waals surface area (Å²) in [5.41, 5.74) is 10.1. The first-order valence-electron chi connectivity index (χ1n) is 5.48. The zero-order chi connectivity index (χ0) is 10.6. The Labute approximate surface area is 87.3 Å². The van der Waals surface area contributed by atoms with E-state index < -0.39 is 0 Å². The van der Waals surface area contributed by atoms with Crippen LogP contribution in [0.15, 0.2) is 18.2 Å². The van der Waals surface area contributed by atoms with Gasteiger partial charge in [-0.15, -0.1) is 0 Å². The topological polar surface area (TPSA) is 26.0 Å². The number of rotatable bonds is 4. The highest BCUT2D eigenvalue weighted by Gasteiger charge is 2.07. The summed E-state index contributed by atoms with van der Waals surface area (Å²) in [6.07, 6.45) is 3.54. The molecule has 1 aromatic rings. The lowest BCUT2D eigenvalue weighted by atomic mass is 9.96. The van der Waals surface area contributed by atoms with Gasteiger partial charge in [-0.2, -0.15) is 0 Å². The molecule has 0 fully saturated rings. The molecule has 0 aliphatic heterocycles. The number of nitrogens with two attached hydrogens (primary N) is 1. The van der Waals surface area contributed by atoms with Crippen molar-refractivity contribution in [2.45, 2.75) is 46.1 Å². The molecule has 1 aromatic carbocycles. The molecule has 0 amide bonds. The highest BCUT2D eigenvalue weighted by Crippen LogP contribution is 2.21. The van der Waals surface area contributed by atoms with Gasteiger partial charge in [-0.05, 0) is 31.4 Å². The fourth-order valence-electron chi connectivity index (χ4n) is 1.82. The van der Waals surface area contributed by atoms with E-state index in [1.165, 1.54) is 29.5 Å². The predicted molar refractivity (Wildman–Crippen MR) is 62.4 cm³/mol. The quantitative estimate of drug-likeness (QED) is 0.774. The van der Waals surface area contributed by atoms with Gasteiger partial charge in [-0.25, -0.2) is 0 Å². The van der Waals surface area contributed by atoms with E-state index >= 15 is 0 Å². The second-order valence-electron chi connectivity index (χ2n) is 4.11. The third-order valence-electron chi connectivity index (χ3n) is 2.69. The molecule has 0 saturated carbocycles. The minimum atomic E-state index is 0.218. The molecule has 0 spiro atoms. The van der Waals surface area contributed by atoms with Crippen LogP contribution < -0.4 is 5.73 Å². The molecule has 2 N–H and O–H groups in total. The molecule has 0 unspecified atom stereocenters. The van der Waals surface area contributed by atoms with Gasteiger partial charge in [0.05, 0.1) is 0 Å². The fourth-order valence-corrected chi connectivity index (χ4v) is 1.82. The van der Waals surface area contributed by atoms with Gasteiger partial charge in [-0.3, -0.25) is 0 Å². The van der Waals surface area contributed by atoms with Crippen LogP contribution in [0.3, 0.4) is 0 Å². The molecule has 0 aliphatic carbocycles. The highest BCUT2D eigenvalue weighted by atomic mass is 14.6. The molecule has 1 heteroatoms. The van der Waals surface area contributed by atoms with Crippen LogP contribution in [0.2, 0.25) is 0 Å². The third kappa shape index (κ3) is 2.85. The molecule has 14 heavy (non-hydrogen) atoms. The first kappa shape index (κ1) is 11.3. The molecule has 1 rings (SSSR count). The Morgan fingerprint density at radius 3 is 2.57 bits per heavy atom. The molecule has 1 atom stereocenters. The van der Waals surface area contributed by atoms with Crippen molar-refractivity contribution in [3.63, 3.8) is 0 Å². The fraction of sp³-hybridized carbons (Fsp3) is 0.538. The second-order valence-corrected chi connectivity index (χ2v) is 4.11. The van der Waals surface area contributed by atoms with E-state index in [4.69, 9.17) is 5.73 Å². The summed E-state index contributed by atoms with van der Waals surface area (Å²) in [7, 11) is 0. The second kappa shape index (κ2) is 5.16. The zero-order valence-electron chi connectivity index (χ0n) is 9.51. The molecule has 0 aliphatic rings. The maximum absolute atomic E-state index is 6.13. The van der Waals surface area contributed by atoms with E-state index in [0.717, 1.165) is 6.42 Å². The average molecular weight is 191 g/mol. The van der Waals surface area contributed by atoms with E-state index in [1.807, 2.05) is 0 Å². The van der Waals surface area contributed by atoms with Gasteiger partial charge in [0.15, 0.2) is 0 Å². The summed E-state index contributed by atoms with van der Waals surface area (Å²) in [5, 5.41) is 0. The van der Waals surface area contributed by atoms with Crippen LogP contribution in [-0.2, 0) is 0 Å². The summed E-state index contributed by atoms with van der Waals surface area (Å²) in [5.74, 6) is 0. The summed E-state index contributed by atoms with van der Waals surface area (Å²) >= 11 is 0. The molecule has 0 radical (unpaired) electrons. The number of hydrogen-bond donors (Lipinski definition) is 1. The van der Waals surface area contributed by atoms with Gasteiger partial charge < -0.3 is 5.73 Å². The number of unbranched alkanes of at least 4 members (excludes halogenated alkanes) is 1. The van der Waals surface area contributed by atoms with Gasteiger partial charge >= 0.3 is 0 Å². The Hall–Kier alpha value is -0.820. The molecule has 78 valence electrons. The first-order valence-corrected chi connectivity index (χ1v) is 5.48. The average Bonchev–Trinajstić information content (AvgIpc) is 2.14. The molecular weight excluding hydrogens is 170 g/mol. The molecular formula is C13H21N. The van der Waals surface area contributed by atoms with Crippen molar-refractivity contribution in [2.75, 3.05) is 0 Å². The lowest BCUT2D eigenvalue weighted by Crippen LogP contribution is -2.11. The minimum Gasteiger partial charge on any atom is -0.324 e. The summed E-state index contributed by atoms with van der Waals surface area (Å²) in [6.45, 7) is 6.47. The summed E-state index contributed by atoms with van der Waals surface area (Å²) < 4.78 is 0. The predicted octanol–water partition coefficient (Wildman–Crippen LogP) is 3.49. The number of benzene rings is 1. The van der Waals surface area contributed by atoms with Gasteiger partial charge in [-0.1, -0.05) is 43.5 Å². The number of hydrogen-bond acceptors (Lipinski definition) is 1. The maximum Gasteiger partial charge on any atom is 0.0297 e. The van der Waals surface area contributed by atoms with Crippen molar-refractivity contribution in [3.8, 4) is 0 Å². The van der Waals surface area contributed by atoms with E-state index in [9.17, 15) is 0 Å². The van der Waals surface area contributed by atoms with Crippen molar-refractivity contribution >= 4 is 0 Å². The Morgan fingerprint density at radius 2 is 2.00 bits per heavy atom. The van der Waals surface area contributed by atoms with Crippen molar-refractivity contribution in [1.82, 2.24) is 0 Å².